The number of benzene rings is 5. The summed E-state index contributed by atoms with van der Waals surface area (Å²) in [5.41, 5.74) is 19.7. The zero-order chi connectivity index (χ0) is 36.4. The Kier molecular flexibility index (Phi) is 6.70. The molecule has 5 aliphatic rings. The molecule has 12 rings (SSSR count). The van der Waals surface area contributed by atoms with Gasteiger partial charge in [0.15, 0.2) is 0 Å². The lowest BCUT2D eigenvalue weighted by Crippen LogP contribution is -2.17. The molecule has 7 aromatic rings. The van der Waals surface area contributed by atoms with Crippen molar-refractivity contribution in [2.45, 2.75) is 62.2 Å². The Hall–Kier alpha value is -5.71. The average molecular weight is 726 g/mol. The van der Waals surface area contributed by atoms with Crippen LogP contribution < -0.4 is 0 Å². The van der Waals surface area contributed by atoms with Gasteiger partial charge in [0.25, 0.3) is 0 Å². The van der Waals surface area contributed by atoms with E-state index in [-0.39, 0.29) is 5.41 Å². The summed E-state index contributed by atoms with van der Waals surface area (Å²) in [5, 5.41) is 2.40. The topological polar surface area (TPSA) is 30.7 Å². The summed E-state index contributed by atoms with van der Waals surface area (Å²) >= 11 is 1.96. The van der Waals surface area contributed by atoms with Gasteiger partial charge in [-0.25, -0.2) is 9.97 Å². The highest BCUT2D eigenvalue weighted by molar-refractivity contribution is 8.03. The molecule has 4 aliphatic carbocycles. The first-order valence-corrected chi connectivity index (χ1v) is 20.6. The third kappa shape index (κ3) is 4.52. The second kappa shape index (κ2) is 11.6. The van der Waals surface area contributed by atoms with Crippen molar-refractivity contribution in [2.24, 2.45) is 0 Å². The van der Waals surface area contributed by atoms with Gasteiger partial charge in [-0.2, -0.15) is 0 Å². The zero-order valence-electron chi connectivity index (χ0n) is 31.1. The van der Waals surface area contributed by atoms with E-state index in [4.69, 9.17) is 9.97 Å². The van der Waals surface area contributed by atoms with Crippen LogP contribution in [0.2, 0.25) is 0 Å². The van der Waals surface area contributed by atoms with E-state index in [1.165, 1.54) is 87.6 Å². The van der Waals surface area contributed by atoms with E-state index in [0.29, 0.717) is 5.92 Å². The molecule has 3 nitrogen and oxygen atoms in total. The van der Waals surface area contributed by atoms with Gasteiger partial charge in [-0.05, 0) is 112 Å². The number of hydrogen-bond acceptors (Lipinski definition) is 3. The largest absolute Gasteiger partial charge is 0.282 e. The fourth-order valence-electron chi connectivity index (χ4n) is 10.4. The Labute approximate surface area is 325 Å². The predicted molar refractivity (Wildman–Crippen MR) is 229 cm³/mol. The molecule has 0 fully saturated rings. The Morgan fingerprint density at radius 3 is 2.51 bits per heavy atom. The minimum absolute atomic E-state index is 0.0479. The minimum atomic E-state index is -0.0479. The number of hydrogen-bond donors (Lipinski definition) is 0. The van der Waals surface area contributed by atoms with E-state index in [2.05, 4.69) is 152 Å². The maximum Gasteiger partial charge on any atom is 0.235 e. The van der Waals surface area contributed by atoms with Gasteiger partial charge < -0.3 is 0 Å². The Morgan fingerprint density at radius 1 is 0.745 bits per heavy atom. The van der Waals surface area contributed by atoms with Crippen LogP contribution >= 0.6 is 11.8 Å². The van der Waals surface area contributed by atoms with Crippen LogP contribution in [0.4, 0.5) is 0 Å². The summed E-state index contributed by atoms with van der Waals surface area (Å²) in [5.74, 6) is 1.20. The summed E-state index contributed by atoms with van der Waals surface area (Å²) in [4.78, 5) is 13.9. The number of aromatic nitrogens is 3. The van der Waals surface area contributed by atoms with Crippen LogP contribution in [0.3, 0.4) is 0 Å². The van der Waals surface area contributed by atoms with Crippen LogP contribution in [0.5, 0.6) is 0 Å². The zero-order valence-corrected chi connectivity index (χ0v) is 31.9. The van der Waals surface area contributed by atoms with Gasteiger partial charge in [-0.3, -0.25) is 4.57 Å². The SMILES string of the molecule is CC1(C)C2=C(CCC(c3nc(-n4c5c(c6cc(C7=C8Sc9ccccc9C8CC=C7)ccc64)-c4ccccc4CC5)nc4ccccc34)=C2)c2ccccc21. The first-order valence-electron chi connectivity index (χ1n) is 19.8. The minimum Gasteiger partial charge on any atom is -0.282 e. The first-order chi connectivity index (χ1) is 27.0. The lowest BCUT2D eigenvalue weighted by atomic mass is 9.78. The molecule has 55 heavy (non-hydrogen) atoms. The molecule has 4 heteroatoms. The number of aryl methyl sites for hydroxylation is 1. The molecule has 0 N–H and O–H groups in total. The molecule has 0 amide bonds. The summed E-state index contributed by atoms with van der Waals surface area (Å²) in [6, 6.07) is 42.7. The number of para-hydroxylation sites is 1. The molecular formula is C51H39N3S. The van der Waals surface area contributed by atoms with E-state index >= 15 is 0 Å². The maximum absolute atomic E-state index is 5.61. The van der Waals surface area contributed by atoms with E-state index in [1.807, 2.05) is 11.8 Å². The monoisotopic (exact) mass is 725 g/mol. The van der Waals surface area contributed by atoms with Crippen molar-refractivity contribution in [3.05, 3.63) is 183 Å². The molecular weight excluding hydrogens is 687 g/mol. The number of rotatable bonds is 3. The molecule has 5 aromatic carbocycles. The maximum atomic E-state index is 5.61. The van der Waals surface area contributed by atoms with E-state index in [1.54, 1.807) is 0 Å². The third-order valence-corrected chi connectivity index (χ3v) is 14.3. The molecule has 1 atom stereocenters. The Morgan fingerprint density at radius 2 is 1.56 bits per heavy atom. The number of thioether (sulfide) groups is 1. The third-order valence-electron chi connectivity index (χ3n) is 13.0. The normalized spacial score (nSPS) is 18.9. The van der Waals surface area contributed by atoms with E-state index in [0.717, 1.165) is 54.6 Å². The Bertz CT molecular complexity index is 2970. The van der Waals surface area contributed by atoms with Crippen LogP contribution in [0.25, 0.3) is 55.6 Å². The molecule has 0 radical (unpaired) electrons. The molecule has 264 valence electrons. The van der Waals surface area contributed by atoms with Gasteiger partial charge in [0.2, 0.25) is 5.95 Å². The first kappa shape index (κ1) is 31.6. The van der Waals surface area contributed by atoms with Gasteiger partial charge in [-0.15, -0.1) is 0 Å². The fraction of sp³-hybridized carbons (Fsp3) is 0.176. The van der Waals surface area contributed by atoms with Gasteiger partial charge in [-0.1, -0.05) is 135 Å². The van der Waals surface area contributed by atoms with Crippen molar-refractivity contribution >= 4 is 50.3 Å². The van der Waals surface area contributed by atoms with Crippen LogP contribution in [0.15, 0.2) is 149 Å². The molecule has 0 bridgehead atoms. The van der Waals surface area contributed by atoms with Crippen molar-refractivity contribution in [3.63, 3.8) is 0 Å². The predicted octanol–water partition coefficient (Wildman–Crippen LogP) is 12.8. The summed E-state index contributed by atoms with van der Waals surface area (Å²) in [6.07, 6.45) is 12.2. The second-order valence-corrected chi connectivity index (χ2v) is 17.4. The average Bonchev–Trinajstić information content (AvgIpc) is 3.86. The van der Waals surface area contributed by atoms with E-state index < -0.39 is 0 Å². The number of nitrogens with zero attached hydrogens (tertiary/aromatic N) is 3. The van der Waals surface area contributed by atoms with Crippen molar-refractivity contribution < 1.29 is 0 Å². The Balaban J connectivity index is 1.07. The smallest absolute Gasteiger partial charge is 0.235 e. The fourth-order valence-corrected chi connectivity index (χ4v) is 11.8. The standard InChI is InChI=1S/C51H39N3S/c1-51(2)41-19-8-5-14-35(41)36-25-22-32(29-42(36)51)48-39-16-6-9-20-43(39)52-50(53-48)54-44-26-24-31(28-40(44)47-33-13-4-3-12-30(33)23-27-45(47)54)34-17-11-18-38-37-15-7-10-21-46(37)55-49(34)38/h3-17,19-21,24,26,28-29,38H,18,22-23,25,27H2,1-2H3. The van der Waals surface area contributed by atoms with E-state index in [9.17, 15) is 0 Å². The molecule has 1 aliphatic heterocycles. The highest BCUT2D eigenvalue weighted by atomic mass is 32.2. The van der Waals surface area contributed by atoms with Gasteiger partial charge in [0.05, 0.1) is 16.7 Å². The van der Waals surface area contributed by atoms with Gasteiger partial charge in [0.1, 0.15) is 0 Å². The van der Waals surface area contributed by atoms with Gasteiger partial charge >= 0.3 is 0 Å². The summed E-state index contributed by atoms with van der Waals surface area (Å²) in [6.45, 7) is 4.76. The lowest BCUT2D eigenvalue weighted by molar-refractivity contribution is 0.652. The van der Waals surface area contributed by atoms with Crippen LogP contribution in [-0.4, -0.2) is 14.5 Å². The molecule has 0 spiro atoms. The van der Waals surface area contributed by atoms with Gasteiger partial charge in [0, 0.05) is 43.2 Å². The van der Waals surface area contributed by atoms with Crippen molar-refractivity contribution in [1.29, 1.82) is 0 Å². The highest BCUT2D eigenvalue weighted by Crippen LogP contribution is 2.56. The molecule has 0 saturated carbocycles. The van der Waals surface area contributed by atoms with Crippen LogP contribution in [0, 0.1) is 0 Å². The molecule has 3 heterocycles. The molecule has 2 aromatic heterocycles. The molecule has 1 unspecified atom stereocenters. The van der Waals surface area contributed by atoms with Crippen molar-refractivity contribution in [2.75, 3.05) is 0 Å². The second-order valence-electron chi connectivity index (χ2n) is 16.3. The quantitative estimate of drug-likeness (QED) is 0.182. The number of fused-ring (bicyclic) bond motifs is 11. The summed E-state index contributed by atoms with van der Waals surface area (Å²) in [7, 11) is 0. The van der Waals surface area contributed by atoms with Crippen LogP contribution in [-0.2, 0) is 18.3 Å². The van der Waals surface area contributed by atoms with Crippen LogP contribution in [0.1, 0.15) is 78.2 Å². The van der Waals surface area contributed by atoms with Crippen molar-refractivity contribution in [1.82, 2.24) is 14.5 Å². The lowest BCUT2D eigenvalue weighted by Gasteiger charge is -2.26. The number of allylic oxidation sites excluding steroid dienone is 8. The molecule has 0 saturated heterocycles. The summed E-state index contributed by atoms with van der Waals surface area (Å²) < 4.78 is 2.40. The van der Waals surface area contributed by atoms with Crippen molar-refractivity contribution in [3.8, 4) is 17.1 Å². The highest BCUT2D eigenvalue weighted by Gasteiger charge is 2.38.